The van der Waals surface area contributed by atoms with Crippen LogP contribution >= 0.6 is 85.6 Å². The Kier molecular flexibility index (Phi) is 11.9. The minimum absolute atomic E-state index is 0.0109. The Morgan fingerprint density at radius 3 is 2.58 bits per heavy atom. The van der Waals surface area contributed by atoms with E-state index >= 15 is 0 Å². The van der Waals surface area contributed by atoms with Crippen LogP contribution in [0, 0.1) is 0 Å². The van der Waals surface area contributed by atoms with Crippen LogP contribution in [0.25, 0.3) is 0 Å². The van der Waals surface area contributed by atoms with Gasteiger partial charge < -0.3 is 22.7 Å². The minimum atomic E-state index is -0.720. The third-order valence-electron chi connectivity index (χ3n) is 3.42. The summed E-state index contributed by atoms with van der Waals surface area (Å²) in [6.07, 6.45) is 3.00. The van der Waals surface area contributed by atoms with Crippen molar-refractivity contribution in [1.29, 1.82) is 0 Å². The summed E-state index contributed by atoms with van der Waals surface area (Å²) in [5.41, 5.74) is 0. The van der Waals surface area contributed by atoms with E-state index in [9.17, 15) is 0 Å². The third-order valence-corrected chi connectivity index (χ3v) is 14.3. The van der Waals surface area contributed by atoms with E-state index in [0.717, 1.165) is 5.82 Å². The first-order valence-electron chi connectivity index (χ1n) is 6.63. The van der Waals surface area contributed by atoms with Crippen molar-refractivity contribution in [2.75, 3.05) is 6.61 Å². The fourth-order valence-electron chi connectivity index (χ4n) is 2.51. The van der Waals surface area contributed by atoms with E-state index in [4.69, 9.17) is 18.1 Å². The summed E-state index contributed by atoms with van der Waals surface area (Å²) in [5, 5.41) is 0. The summed E-state index contributed by atoms with van der Waals surface area (Å²) in [7, 11) is 15.6. The van der Waals surface area contributed by atoms with E-state index in [2.05, 4.69) is 63.7 Å². The smallest absolute Gasteiger partial charge is 0.148 e. The van der Waals surface area contributed by atoms with Gasteiger partial charge in [-0.15, -0.1) is 8.93 Å². The maximum atomic E-state index is 6.23. The van der Waals surface area contributed by atoms with E-state index in [1.54, 1.807) is 6.20 Å². The summed E-state index contributed by atoms with van der Waals surface area (Å²) in [5.74, 6) is 0.838. The first-order chi connectivity index (χ1) is 11.5. The first-order valence-corrected chi connectivity index (χ1v) is 20.8. The summed E-state index contributed by atoms with van der Waals surface area (Å²) >= 11 is 0. The number of fused-ring (bicyclic) bond motifs is 1. The number of nitrogens with zero attached hydrogens (tertiary/aromatic N) is 2. The zero-order chi connectivity index (χ0) is 17.7. The van der Waals surface area contributed by atoms with Crippen LogP contribution in [0.15, 0.2) is 12.4 Å². The predicted molar refractivity (Wildman–Crippen MR) is 130 cm³/mol. The molecule has 0 bridgehead atoms. The van der Waals surface area contributed by atoms with Gasteiger partial charge in [0.05, 0.1) is 27.7 Å². The molecule has 0 N–H and O–H groups in total. The van der Waals surface area contributed by atoms with Crippen LogP contribution in [0.1, 0.15) is 18.0 Å². The highest BCUT2D eigenvalue weighted by Gasteiger charge is 2.46. The van der Waals surface area contributed by atoms with E-state index in [-0.39, 0.29) is 32.8 Å². The Balaban J connectivity index is 2.34. The van der Waals surface area contributed by atoms with Gasteiger partial charge in [-0.1, -0.05) is 35.7 Å². The molecule has 1 aliphatic rings. The Morgan fingerprint density at radius 1 is 1.25 bits per heavy atom. The van der Waals surface area contributed by atoms with E-state index in [1.807, 2.05) is 6.20 Å². The minimum Gasteiger partial charge on any atom is -0.352 e. The molecule has 13 unspecified atom stereocenters. The van der Waals surface area contributed by atoms with Gasteiger partial charge in [0.1, 0.15) is 24.1 Å². The van der Waals surface area contributed by atoms with Crippen molar-refractivity contribution in [2.24, 2.45) is 0 Å². The summed E-state index contributed by atoms with van der Waals surface area (Å²) in [6, 6.07) is -0.0109. The predicted octanol–water partition coefficient (Wildman–Crippen LogP) is 5.00. The molecule has 1 aromatic rings. The molecule has 1 aromatic heterocycles. The lowest BCUT2D eigenvalue weighted by Crippen LogP contribution is -2.47. The van der Waals surface area contributed by atoms with Gasteiger partial charge in [-0.25, -0.2) is 4.98 Å². The van der Waals surface area contributed by atoms with E-state index in [1.165, 1.54) is 0 Å². The van der Waals surface area contributed by atoms with Crippen LogP contribution in [-0.2, 0) is 18.1 Å². The number of hydrogen-bond acceptors (Lipinski definition) is 5. The molecule has 13 atom stereocenters. The van der Waals surface area contributed by atoms with Gasteiger partial charge in [0, 0.05) is 30.4 Å². The van der Waals surface area contributed by atoms with Crippen molar-refractivity contribution < 1.29 is 18.1 Å². The van der Waals surface area contributed by atoms with Crippen molar-refractivity contribution >= 4 is 85.6 Å². The molecule has 0 radical (unpaired) electrons. The van der Waals surface area contributed by atoms with Gasteiger partial charge in [-0.2, -0.15) is 0 Å². The molecule has 0 saturated carbocycles. The van der Waals surface area contributed by atoms with Crippen LogP contribution in [0.3, 0.4) is 0 Å². The average molecular weight is 520 g/mol. The van der Waals surface area contributed by atoms with Gasteiger partial charge >= 0.3 is 0 Å². The molecule has 0 spiro atoms. The Labute approximate surface area is 162 Å². The Hall–Kier alpha value is 3.35. The van der Waals surface area contributed by atoms with Crippen molar-refractivity contribution in [3.63, 3.8) is 0 Å². The second kappa shape index (κ2) is 12.1. The normalized spacial score (nSPS) is 29.1. The monoisotopic (exact) mass is 520 g/mol. The second-order valence-corrected chi connectivity index (χ2v) is 20.5. The van der Waals surface area contributed by atoms with Crippen LogP contribution in [0.4, 0.5) is 0 Å². The molecule has 24 heavy (non-hydrogen) atoms. The number of rotatable bonds is 9. The Morgan fingerprint density at radius 2 is 2.00 bits per heavy atom. The molecule has 6 nitrogen and oxygen atoms in total. The lowest BCUT2D eigenvalue weighted by Gasteiger charge is -2.42. The maximum Gasteiger partial charge on any atom is 0.148 e. The number of imidazole rings is 1. The van der Waals surface area contributed by atoms with Crippen LogP contribution in [0.2, 0.25) is 0 Å². The molecule has 0 aromatic carbocycles. The molecule has 16 heteroatoms. The fourth-order valence-corrected chi connectivity index (χ4v) is 6.82. The van der Waals surface area contributed by atoms with Crippen molar-refractivity contribution in [2.45, 2.75) is 24.4 Å². The zero-order valence-electron chi connectivity index (χ0n) is 12.6. The number of aromatic nitrogens is 2. The first kappa shape index (κ1) is 23.6. The lowest BCUT2D eigenvalue weighted by atomic mass is 9.96. The topological polar surface area (TPSA) is 54.7 Å². The molecular weight excluding hydrogens is 498 g/mol. The van der Waals surface area contributed by atoms with Gasteiger partial charge in [0.2, 0.25) is 0 Å². The molecule has 2 rings (SSSR count). The summed E-state index contributed by atoms with van der Waals surface area (Å²) in [4.78, 5) is 4.48. The molecule has 0 saturated heterocycles. The molecule has 138 valence electrons. The van der Waals surface area contributed by atoms with Crippen LogP contribution < -0.4 is 0 Å². The van der Waals surface area contributed by atoms with Gasteiger partial charge in [0.25, 0.3) is 0 Å². The quantitative estimate of drug-likeness (QED) is 0.430. The van der Waals surface area contributed by atoms with Gasteiger partial charge in [-0.05, 0) is 7.96 Å². The molecular formula is C8H22N2O4P10. The van der Waals surface area contributed by atoms with Gasteiger partial charge in [0.15, 0.2) is 0 Å². The zero-order valence-corrected chi connectivity index (χ0v) is 23.3. The van der Waals surface area contributed by atoms with Crippen molar-refractivity contribution in [3.8, 4) is 0 Å². The second-order valence-electron chi connectivity index (χ2n) is 4.70. The lowest BCUT2D eigenvalue weighted by molar-refractivity contribution is -0.0565. The molecule has 0 fully saturated rings. The summed E-state index contributed by atoms with van der Waals surface area (Å²) < 4.78 is 26.0. The highest BCUT2D eigenvalue weighted by Crippen LogP contribution is 2.67. The highest BCUT2D eigenvalue weighted by atomic mass is 32.6. The highest BCUT2D eigenvalue weighted by molar-refractivity contribution is 8.59. The van der Waals surface area contributed by atoms with Crippen molar-refractivity contribution in [1.82, 2.24) is 9.55 Å². The third kappa shape index (κ3) is 6.17. The van der Waals surface area contributed by atoms with Gasteiger partial charge in [-0.3, -0.25) is 0 Å². The molecule has 0 amide bonds. The Bertz CT molecular complexity index is 509. The molecule has 1 aliphatic heterocycles. The largest absolute Gasteiger partial charge is 0.352 e. The number of hydrogen-bond donors (Lipinski definition) is 0. The van der Waals surface area contributed by atoms with E-state index < -0.39 is 15.1 Å². The standard InChI is InChI=1S/C8H22N2O4P10/c15-12-7-6(13-21-16)5(14-23(18)19)4(3-11-24(20)22-17)10-2-1-9-8(7)10/h1-2,4-7,21-22H,3,15-20H2. The molecule has 2 heterocycles. The van der Waals surface area contributed by atoms with Crippen LogP contribution in [-0.4, -0.2) is 28.4 Å². The maximum absolute atomic E-state index is 6.23. The molecule has 0 aliphatic carbocycles. The van der Waals surface area contributed by atoms with Crippen molar-refractivity contribution in [3.05, 3.63) is 18.2 Å². The summed E-state index contributed by atoms with van der Waals surface area (Å²) in [6.45, 7) is 0.548. The fraction of sp³-hybridized carbons (Fsp3) is 0.625. The van der Waals surface area contributed by atoms with E-state index in [0.29, 0.717) is 14.6 Å². The SMILES string of the molecule is POC1c2nccn2C(COP(P)PP)C(OP(P)P)C1OPP. The van der Waals surface area contributed by atoms with Crippen LogP contribution in [0.5, 0.6) is 0 Å². The average Bonchev–Trinajstić information content (AvgIpc) is 3.03.